The number of esters is 1. The average Bonchev–Trinajstić information content (AvgIpc) is 2.76. The van der Waals surface area contributed by atoms with Crippen LogP contribution in [0.15, 0.2) is 4.52 Å². The Labute approximate surface area is 106 Å². The molecule has 0 aromatic carbocycles. The lowest BCUT2D eigenvalue weighted by molar-refractivity contribution is -0.151. The van der Waals surface area contributed by atoms with Crippen LogP contribution in [0.1, 0.15) is 37.9 Å². The number of piperidine rings is 1. The Hall–Kier alpha value is -1.43. The molecule has 2 heterocycles. The zero-order valence-corrected chi connectivity index (χ0v) is 10.9. The first kappa shape index (κ1) is 13.0. The summed E-state index contributed by atoms with van der Waals surface area (Å²) in [5, 5.41) is 3.76. The third-order valence-electron chi connectivity index (χ3n) is 3.08. The molecule has 1 aromatic rings. The van der Waals surface area contributed by atoms with Crippen molar-refractivity contribution < 1.29 is 14.1 Å². The zero-order valence-electron chi connectivity index (χ0n) is 10.9. The summed E-state index contributed by atoms with van der Waals surface area (Å²) in [6.07, 6.45) is 2.98. The second kappa shape index (κ2) is 5.95. The number of aromatic nitrogens is 2. The van der Waals surface area contributed by atoms with Gasteiger partial charge in [-0.15, -0.1) is 0 Å². The summed E-state index contributed by atoms with van der Waals surface area (Å²) in [5.74, 6) is 1.03. The molecule has 1 atom stereocenters. The first-order chi connectivity index (χ1) is 8.70. The van der Waals surface area contributed by atoms with Crippen molar-refractivity contribution in [2.24, 2.45) is 0 Å². The molecule has 0 saturated carbocycles. The predicted octanol–water partition coefficient (Wildman–Crippen LogP) is 1.30. The molecule has 1 fully saturated rings. The third-order valence-corrected chi connectivity index (χ3v) is 3.08. The summed E-state index contributed by atoms with van der Waals surface area (Å²) in [7, 11) is 0. The fraction of sp³-hybridized carbons (Fsp3) is 0.750. The molecule has 6 nitrogen and oxygen atoms in total. The van der Waals surface area contributed by atoms with Crippen LogP contribution in [0.3, 0.4) is 0 Å². The van der Waals surface area contributed by atoms with Crippen LogP contribution in [0.4, 0.5) is 0 Å². The van der Waals surface area contributed by atoms with E-state index in [1.54, 1.807) is 6.92 Å². The summed E-state index contributed by atoms with van der Waals surface area (Å²) >= 11 is 0. The van der Waals surface area contributed by atoms with Crippen molar-refractivity contribution in [1.82, 2.24) is 15.0 Å². The van der Waals surface area contributed by atoms with Gasteiger partial charge < -0.3 is 9.26 Å². The van der Waals surface area contributed by atoms with Crippen molar-refractivity contribution >= 4 is 5.97 Å². The second-order valence-corrected chi connectivity index (χ2v) is 4.47. The number of ether oxygens (including phenoxy) is 1. The highest BCUT2D eigenvalue weighted by molar-refractivity contribution is 5.75. The van der Waals surface area contributed by atoms with Crippen molar-refractivity contribution in [2.45, 2.75) is 45.7 Å². The van der Waals surface area contributed by atoms with Crippen LogP contribution >= 0.6 is 0 Å². The number of nitrogens with zero attached hydrogens (tertiary/aromatic N) is 3. The van der Waals surface area contributed by atoms with Gasteiger partial charge in [-0.2, -0.15) is 4.98 Å². The Kier molecular flexibility index (Phi) is 4.30. The van der Waals surface area contributed by atoms with E-state index in [2.05, 4.69) is 15.0 Å². The van der Waals surface area contributed by atoms with Gasteiger partial charge in [0, 0.05) is 0 Å². The Bertz CT molecular complexity index is 405. The van der Waals surface area contributed by atoms with E-state index >= 15 is 0 Å². The number of hydrogen-bond acceptors (Lipinski definition) is 6. The fourth-order valence-electron chi connectivity index (χ4n) is 2.26. The van der Waals surface area contributed by atoms with Crippen molar-refractivity contribution in [3.05, 3.63) is 11.7 Å². The summed E-state index contributed by atoms with van der Waals surface area (Å²) in [5.41, 5.74) is 0. The van der Waals surface area contributed by atoms with Gasteiger partial charge in [0.1, 0.15) is 6.04 Å². The molecule has 6 heteroatoms. The summed E-state index contributed by atoms with van der Waals surface area (Å²) in [6.45, 7) is 5.41. The maximum atomic E-state index is 11.9. The van der Waals surface area contributed by atoms with Gasteiger partial charge in [-0.3, -0.25) is 9.69 Å². The van der Waals surface area contributed by atoms with Gasteiger partial charge in [-0.05, 0) is 33.2 Å². The number of carbonyl (C=O) groups excluding carboxylic acids is 1. The van der Waals surface area contributed by atoms with E-state index in [0.29, 0.717) is 24.9 Å². The monoisotopic (exact) mass is 253 g/mol. The minimum atomic E-state index is -0.175. The quantitative estimate of drug-likeness (QED) is 0.753. The molecule has 0 aliphatic carbocycles. The molecule has 1 aliphatic rings. The maximum absolute atomic E-state index is 11.9. The van der Waals surface area contributed by atoms with Gasteiger partial charge in [0.05, 0.1) is 13.2 Å². The molecule has 0 N–H and O–H groups in total. The molecule has 0 spiro atoms. The molecule has 1 saturated heterocycles. The van der Waals surface area contributed by atoms with E-state index in [0.717, 1.165) is 25.8 Å². The maximum Gasteiger partial charge on any atom is 0.323 e. The molecule has 0 amide bonds. The molecule has 0 bridgehead atoms. The van der Waals surface area contributed by atoms with E-state index in [-0.39, 0.29) is 12.0 Å². The second-order valence-electron chi connectivity index (χ2n) is 4.47. The third kappa shape index (κ3) is 3.07. The lowest BCUT2D eigenvalue weighted by Crippen LogP contribution is -2.45. The van der Waals surface area contributed by atoms with E-state index in [1.165, 1.54) is 0 Å². The van der Waals surface area contributed by atoms with Crippen LogP contribution in [0.5, 0.6) is 0 Å². The van der Waals surface area contributed by atoms with Crippen molar-refractivity contribution in [2.75, 3.05) is 13.2 Å². The van der Waals surface area contributed by atoms with Crippen molar-refractivity contribution in [3.63, 3.8) is 0 Å². The van der Waals surface area contributed by atoms with E-state index < -0.39 is 0 Å². The van der Waals surface area contributed by atoms with Gasteiger partial charge in [-0.1, -0.05) is 11.6 Å². The fourth-order valence-corrected chi connectivity index (χ4v) is 2.26. The van der Waals surface area contributed by atoms with E-state index in [9.17, 15) is 4.79 Å². The lowest BCUT2D eigenvalue weighted by atomic mass is 10.0. The highest BCUT2D eigenvalue weighted by Gasteiger charge is 2.30. The van der Waals surface area contributed by atoms with Crippen LogP contribution in [-0.2, 0) is 16.1 Å². The normalized spacial score (nSPS) is 20.9. The largest absolute Gasteiger partial charge is 0.465 e. The molecule has 100 valence electrons. The first-order valence-corrected chi connectivity index (χ1v) is 6.40. The lowest BCUT2D eigenvalue weighted by Gasteiger charge is -2.32. The van der Waals surface area contributed by atoms with E-state index in [4.69, 9.17) is 9.26 Å². The SMILES string of the molecule is CCOC(=O)C1CCCCN1Cc1nc(C)no1. The molecule has 18 heavy (non-hydrogen) atoms. The average molecular weight is 253 g/mol. The van der Waals surface area contributed by atoms with Crippen LogP contribution in [0, 0.1) is 6.92 Å². The van der Waals surface area contributed by atoms with Gasteiger partial charge >= 0.3 is 5.97 Å². The molecule has 1 unspecified atom stereocenters. The molecule has 1 aliphatic heterocycles. The number of rotatable bonds is 4. The van der Waals surface area contributed by atoms with Crippen LogP contribution in [-0.4, -0.2) is 40.2 Å². The van der Waals surface area contributed by atoms with Gasteiger partial charge in [0.2, 0.25) is 5.89 Å². The summed E-state index contributed by atoms with van der Waals surface area (Å²) in [4.78, 5) is 18.1. The number of carbonyl (C=O) groups is 1. The highest BCUT2D eigenvalue weighted by Crippen LogP contribution is 2.20. The first-order valence-electron chi connectivity index (χ1n) is 6.40. The molecular weight excluding hydrogens is 234 g/mol. The number of aryl methyl sites for hydroxylation is 1. The summed E-state index contributed by atoms with van der Waals surface area (Å²) < 4.78 is 10.2. The minimum Gasteiger partial charge on any atom is -0.465 e. The highest BCUT2D eigenvalue weighted by atomic mass is 16.5. The van der Waals surface area contributed by atoms with Crippen LogP contribution in [0.25, 0.3) is 0 Å². The number of hydrogen-bond donors (Lipinski definition) is 0. The standard InChI is InChI=1S/C12H19N3O3/c1-3-17-12(16)10-6-4-5-7-15(10)8-11-13-9(2)14-18-11/h10H,3-8H2,1-2H3. The summed E-state index contributed by atoms with van der Waals surface area (Å²) in [6, 6.07) is -0.175. The predicted molar refractivity (Wildman–Crippen MR) is 63.7 cm³/mol. The van der Waals surface area contributed by atoms with Crippen molar-refractivity contribution in [1.29, 1.82) is 0 Å². The van der Waals surface area contributed by atoms with Crippen LogP contribution in [0.2, 0.25) is 0 Å². The van der Waals surface area contributed by atoms with Crippen LogP contribution < -0.4 is 0 Å². The smallest absolute Gasteiger partial charge is 0.323 e. The Morgan fingerprint density at radius 3 is 3.06 bits per heavy atom. The topological polar surface area (TPSA) is 68.5 Å². The van der Waals surface area contributed by atoms with Gasteiger partial charge in [0.25, 0.3) is 0 Å². The zero-order chi connectivity index (χ0) is 13.0. The van der Waals surface area contributed by atoms with E-state index in [1.807, 2.05) is 6.92 Å². The minimum absolute atomic E-state index is 0.145. The Balaban J connectivity index is 2.01. The van der Waals surface area contributed by atoms with Crippen molar-refractivity contribution in [3.8, 4) is 0 Å². The molecule has 1 aromatic heterocycles. The Morgan fingerprint density at radius 2 is 2.39 bits per heavy atom. The molecule has 2 rings (SSSR count). The van der Waals surface area contributed by atoms with Gasteiger partial charge in [-0.25, -0.2) is 0 Å². The number of likely N-dealkylation sites (tertiary alicyclic amines) is 1. The molecular formula is C12H19N3O3. The van der Waals surface area contributed by atoms with Gasteiger partial charge in [0.15, 0.2) is 5.82 Å². The Morgan fingerprint density at radius 1 is 1.56 bits per heavy atom. The molecule has 0 radical (unpaired) electrons.